The number of benzene rings is 1. The lowest BCUT2D eigenvalue weighted by molar-refractivity contribution is 0.468. The van der Waals surface area contributed by atoms with Crippen molar-refractivity contribution in [3.05, 3.63) is 28.8 Å². The van der Waals surface area contributed by atoms with Crippen LogP contribution in [0.25, 0.3) is 0 Å². The standard InChI is InChI=1S/C11H12BNO/c1-8-4-9-2-3-12(7-13)6-10(9)11(14)5-8/h4-5,14H,2-3,6H2,1H3. The van der Waals surface area contributed by atoms with Gasteiger partial charge in [0.2, 0.25) is 0 Å². The van der Waals surface area contributed by atoms with Gasteiger partial charge in [-0.25, -0.2) is 5.26 Å². The van der Waals surface area contributed by atoms with Crippen LogP contribution in [0, 0.1) is 18.2 Å². The Labute approximate surface area is 84.3 Å². The molecule has 0 fully saturated rings. The summed E-state index contributed by atoms with van der Waals surface area (Å²) in [7, 11) is 0. The molecule has 1 aliphatic rings. The number of rotatable bonds is 0. The van der Waals surface area contributed by atoms with Crippen molar-refractivity contribution in [2.75, 3.05) is 0 Å². The van der Waals surface area contributed by atoms with Crippen molar-refractivity contribution in [1.29, 1.82) is 5.26 Å². The molecule has 3 heteroatoms. The highest BCUT2D eigenvalue weighted by molar-refractivity contribution is 6.66. The van der Waals surface area contributed by atoms with E-state index in [1.165, 1.54) is 5.56 Å². The minimum atomic E-state index is 0.0797. The predicted molar refractivity (Wildman–Crippen MR) is 56.4 cm³/mol. The minimum Gasteiger partial charge on any atom is -0.508 e. The molecule has 0 radical (unpaired) electrons. The molecule has 1 N–H and O–H groups in total. The largest absolute Gasteiger partial charge is 0.508 e. The van der Waals surface area contributed by atoms with Crippen molar-refractivity contribution in [2.24, 2.45) is 0 Å². The van der Waals surface area contributed by atoms with E-state index in [1.54, 1.807) is 6.07 Å². The summed E-state index contributed by atoms with van der Waals surface area (Å²) < 4.78 is 0. The highest BCUT2D eigenvalue weighted by Gasteiger charge is 2.24. The van der Waals surface area contributed by atoms with Crippen LogP contribution in [0.1, 0.15) is 16.7 Å². The Balaban J connectivity index is 2.43. The van der Waals surface area contributed by atoms with Crippen molar-refractivity contribution in [2.45, 2.75) is 26.0 Å². The lowest BCUT2D eigenvalue weighted by Gasteiger charge is -2.19. The molecule has 1 aromatic rings. The van der Waals surface area contributed by atoms with Crippen molar-refractivity contribution in [1.82, 2.24) is 0 Å². The summed E-state index contributed by atoms with van der Waals surface area (Å²) in [5.74, 6) is 2.64. The molecule has 70 valence electrons. The lowest BCUT2D eigenvalue weighted by Crippen LogP contribution is -2.21. The topological polar surface area (TPSA) is 44.0 Å². The van der Waals surface area contributed by atoms with E-state index in [0.717, 1.165) is 23.9 Å². The number of aromatic hydroxyl groups is 1. The summed E-state index contributed by atoms with van der Waals surface area (Å²) in [6, 6.07) is 3.89. The van der Waals surface area contributed by atoms with E-state index in [4.69, 9.17) is 5.26 Å². The molecule has 1 aliphatic heterocycles. The average molecular weight is 185 g/mol. The second-order valence-corrected chi connectivity index (χ2v) is 3.99. The number of nitrogens with zero attached hydrogens (tertiary/aromatic N) is 1. The second-order valence-electron chi connectivity index (χ2n) is 3.99. The molecule has 0 aliphatic carbocycles. The van der Waals surface area contributed by atoms with Gasteiger partial charge in [0, 0.05) is 5.97 Å². The summed E-state index contributed by atoms with van der Waals surface area (Å²) in [5, 5.41) is 18.6. The van der Waals surface area contributed by atoms with E-state index in [1.807, 2.05) is 6.92 Å². The van der Waals surface area contributed by atoms with Gasteiger partial charge < -0.3 is 5.11 Å². The molecular weight excluding hydrogens is 173 g/mol. The monoisotopic (exact) mass is 185 g/mol. The fourth-order valence-electron chi connectivity index (χ4n) is 2.12. The van der Waals surface area contributed by atoms with E-state index >= 15 is 0 Å². The van der Waals surface area contributed by atoms with Crippen molar-refractivity contribution in [3.8, 4) is 11.7 Å². The Morgan fingerprint density at radius 2 is 2.29 bits per heavy atom. The molecule has 0 saturated carbocycles. The molecule has 2 rings (SSSR count). The number of fused-ring (bicyclic) bond motifs is 1. The van der Waals surface area contributed by atoms with Crippen LogP contribution in [0.5, 0.6) is 5.75 Å². The number of phenolic OH excluding ortho intramolecular Hbond substituents is 1. The van der Waals surface area contributed by atoms with Crippen LogP contribution in [-0.4, -0.2) is 11.8 Å². The Kier molecular flexibility index (Phi) is 2.21. The van der Waals surface area contributed by atoms with E-state index in [0.29, 0.717) is 12.1 Å². The first kappa shape index (κ1) is 9.14. The molecule has 2 nitrogen and oxygen atoms in total. The Bertz CT molecular complexity index is 408. The van der Waals surface area contributed by atoms with Gasteiger partial charge in [-0.3, -0.25) is 0 Å². The Hall–Kier alpha value is -1.43. The van der Waals surface area contributed by atoms with Crippen LogP contribution in [0.15, 0.2) is 12.1 Å². The molecule has 0 unspecified atom stereocenters. The first-order valence-corrected chi connectivity index (χ1v) is 4.91. The van der Waals surface area contributed by atoms with Crippen LogP contribution in [0.4, 0.5) is 0 Å². The maximum Gasteiger partial charge on any atom is 0.272 e. The third-order valence-corrected chi connectivity index (χ3v) is 2.86. The van der Waals surface area contributed by atoms with Crippen LogP contribution >= 0.6 is 0 Å². The van der Waals surface area contributed by atoms with Gasteiger partial charge in [-0.15, -0.1) is 0 Å². The van der Waals surface area contributed by atoms with Gasteiger partial charge in [-0.1, -0.05) is 12.4 Å². The zero-order valence-corrected chi connectivity index (χ0v) is 8.25. The summed E-state index contributed by atoms with van der Waals surface area (Å²) >= 11 is 0. The Morgan fingerprint density at radius 1 is 1.50 bits per heavy atom. The number of nitriles is 1. The minimum absolute atomic E-state index is 0.0797. The highest BCUT2D eigenvalue weighted by Crippen LogP contribution is 2.29. The molecule has 1 heterocycles. The highest BCUT2D eigenvalue weighted by atomic mass is 16.3. The van der Waals surface area contributed by atoms with Crippen LogP contribution in [-0.2, 0) is 12.7 Å². The molecule has 0 spiro atoms. The summed E-state index contributed by atoms with van der Waals surface area (Å²) in [4.78, 5) is 0. The normalized spacial score (nSPS) is 14.7. The maximum atomic E-state index is 9.74. The summed E-state index contributed by atoms with van der Waals surface area (Å²) in [6.07, 6.45) is 2.55. The van der Waals surface area contributed by atoms with E-state index < -0.39 is 0 Å². The van der Waals surface area contributed by atoms with Gasteiger partial charge in [0.1, 0.15) is 5.75 Å². The van der Waals surface area contributed by atoms with Gasteiger partial charge in [0.15, 0.2) is 0 Å². The van der Waals surface area contributed by atoms with E-state index in [2.05, 4.69) is 12.0 Å². The van der Waals surface area contributed by atoms with Gasteiger partial charge in [0.05, 0.1) is 0 Å². The first-order valence-electron chi connectivity index (χ1n) is 4.91. The number of hydrogen-bond acceptors (Lipinski definition) is 2. The first-order chi connectivity index (χ1) is 6.70. The average Bonchev–Trinajstić information content (AvgIpc) is 2.17. The van der Waals surface area contributed by atoms with Gasteiger partial charge in [0.25, 0.3) is 6.71 Å². The van der Waals surface area contributed by atoms with Crippen molar-refractivity contribution in [3.63, 3.8) is 0 Å². The molecule has 0 aromatic heterocycles. The van der Waals surface area contributed by atoms with Crippen molar-refractivity contribution >= 4 is 6.71 Å². The molecule has 14 heavy (non-hydrogen) atoms. The molecule has 0 bridgehead atoms. The maximum absolute atomic E-state index is 9.74. The van der Waals surface area contributed by atoms with E-state index in [9.17, 15) is 5.11 Å². The summed E-state index contributed by atoms with van der Waals surface area (Å²) in [6.45, 7) is 2.06. The third kappa shape index (κ3) is 1.48. The third-order valence-electron chi connectivity index (χ3n) is 2.86. The quantitative estimate of drug-likeness (QED) is 0.627. The smallest absolute Gasteiger partial charge is 0.272 e. The second kappa shape index (κ2) is 3.38. The number of hydrogen-bond donors (Lipinski definition) is 1. The van der Waals surface area contributed by atoms with Crippen LogP contribution < -0.4 is 0 Å². The van der Waals surface area contributed by atoms with Crippen LogP contribution in [0.2, 0.25) is 6.32 Å². The SMILES string of the molecule is Cc1cc(O)c2c(c1)CCB(C#N)C2. The summed E-state index contributed by atoms with van der Waals surface area (Å²) in [5.41, 5.74) is 3.29. The van der Waals surface area contributed by atoms with E-state index in [-0.39, 0.29) is 6.71 Å². The number of phenols is 1. The van der Waals surface area contributed by atoms with Gasteiger partial charge >= 0.3 is 0 Å². The van der Waals surface area contributed by atoms with Crippen molar-refractivity contribution < 1.29 is 5.11 Å². The zero-order chi connectivity index (χ0) is 10.1. The fraction of sp³-hybridized carbons (Fsp3) is 0.364. The molecule has 1 aromatic carbocycles. The Morgan fingerprint density at radius 3 is 3.00 bits per heavy atom. The molecule has 0 amide bonds. The fourth-order valence-corrected chi connectivity index (χ4v) is 2.12. The van der Waals surface area contributed by atoms with Gasteiger partial charge in [-0.2, -0.15) is 0 Å². The lowest BCUT2D eigenvalue weighted by atomic mass is 9.42. The van der Waals surface area contributed by atoms with Gasteiger partial charge in [-0.05, 0) is 42.4 Å². The zero-order valence-electron chi connectivity index (χ0n) is 8.25. The number of aryl methyl sites for hydroxylation is 2. The predicted octanol–water partition coefficient (Wildman–Crippen LogP) is 1.90. The molecule has 0 atom stereocenters. The molecule has 0 saturated heterocycles. The molecular formula is C11H12BNO. The van der Waals surface area contributed by atoms with Crippen LogP contribution in [0.3, 0.4) is 0 Å².